The van der Waals surface area contributed by atoms with Gasteiger partial charge >= 0.3 is 0 Å². The average Bonchev–Trinajstić information content (AvgIpc) is 3.43. The van der Waals surface area contributed by atoms with E-state index in [9.17, 15) is 9.90 Å². The molecule has 1 amide bonds. The van der Waals surface area contributed by atoms with E-state index in [4.69, 9.17) is 22.5 Å². The topological polar surface area (TPSA) is 91.1 Å². The minimum Gasteiger partial charge on any atom is -0.507 e. The Morgan fingerprint density at radius 1 is 1.25 bits per heavy atom. The van der Waals surface area contributed by atoms with E-state index in [-0.39, 0.29) is 23.6 Å². The van der Waals surface area contributed by atoms with E-state index in [2.05, 4.69) is 29.0 Å². The molecule has 3 aromatic rings. The molecule has 0 saturated heterocycles. The van der Waals surface area contributed by atoms with Gasteiger partial charge in [-0.1, -0.05) is 0 Å². The van der Waals surface area contributed by atoms with Crippen molar-refractivity contribution < 1.29 is 14.6 Å². The number of amides is 1. The van der Waals surface area contributed by atoms with Gasteiger partial charge in [-0.2, -0.15) is 5.10 Å². The van der Waals surface area contributed by atoms with E-state index in [1.54, 1.807) is 18.2 Å². The maximum absolute atomic E-state index is 12.0. The molecule has 0 saturated carbocycles. The van der Waals surface area contributed by atoms with Crippen molar-refractivity contribution in [3.8, 4) is 11.5 Å². The summed E-state index contributed by atoms with van der Waals surface area (Å²) in [5.41, 5.74) is 3.42. The van der Waals surface area contributed by atoms with Crippen LogP contribution in [0.2, 0.25) is 0 Å². The number of hydrogen-bond donors (Lipinski definition) is 4. The number of anilines is 2. The molecule has 1 aromatic heterocycles. The first-order valence-corrected chi connectivity index (χ1v) is 11.0. The van der Waals surface area contributed by atoms with Gasteiger partial charge in [0.25, 0.3) is 0 Å². The first kappa shape index (κ1) is 20.6. The number of carbonyl (C=O) groups is 1. The molecule has 0 fully saturated rings. The molecule has 166 valence electrons. The molecule has 5 rings (SSSR count). The predicted molar refractivity (Wildman–Crippen MR) is 129 cm³/mol. The molecule has 0 bridgehead atoms. The number of phenolic OH excluding ortho intramolecular Hbond substituents is 1. The van der Waals surface area contributed by atoms with Crippen LogP contribution in [-0.4, -0.2) is 34.0 Å². The Morgan fingerprint density at radius 3 is 2.75 bits per heavy atom. The van der Waals surface area contributed by atoms with Crippen LogP contribution < -0.4 is 20.4 Å². The summed E-state index contributed by atoms with van der Waals surface area (Å²) in [6.07, 6.45) is 2.04. The van der Waals surface area contributed by atoms with Crippen LogP contribution in [-0.2, 0) is 4.79 Å². The second-order valence-electron chi connectivity index (χ2n) is 8.34. The Bertz CT molecular complexity index is 1280. The molecule has 2 unspecified atom stereocenters. The first-order valence-electron chi connectivity index (χ1n) is 10.5. The number of aromatic nitrogens is 1. The fraction of sp³-hybridized carbons (Fsp3) is 0.304. The summed E-state index contributed by atoms with van der Waals surface area (Å²) in [4.78, 5) is 12.0. The number of rotatable bonds is 4. The SMILES string of the molecule is COc1ccc(N2N=C(c3cc4c(cc3O)NC(=O)C4C)NC2S)c2ccn(C(C)C)c12. The molecule has 32 heavy (non-hydrogen) atoms. The average molecular weight is 452 g/mol. The number of amidine groups is 1. The lowest BCUT2D eigenvalue weighted by Crippen LogP contribution is -2.33. The van der Waals surface area contributed by atoms with E-state index >= 15 is 0 Å². The Morgan fingerprint density at radius 2 is 2.03 bits per heavy atom. The number of hydrogen-bond acceptors (Lipinski definition) is 7. The number of thiol groups is 1. The Kier molecular flexibility index (Phi) is 4.74. The molecular formula is C23H25N5O3S. The van der Waals surface area contributed by atoms with Gasteiger partial charge in [-0.25, -0.2) is 5.01 Å². The summed E-state index contributed by atoms with van der Waals surface area (Å²) < 4.78 is 7.78. The minimum atomic E-state index is -0.436. The molecule has 8 nitrogen and oxygen atoms in total. The van der Waals surface area contributed by atoms with Crippen molar-refractivity contribution in [3.05, 3.63) is 47.7 Å². The highest BCUT2D eigenvalue weighted by atomic mass is 32.1. The highest BCUT2D eigenvalue weighted by molar-refractivity contribution is 7.81. The van der Waals surface area contributed by atoms with Crippen LogP contribution in [0.1, 0.15) is 43.9 Å². The molecule has 2 aromatic carbocycles. The molecule has 2 atom stereocenters. The second-order valence-corrected chi connectivity index (χ2v) is 8.83. The standard InChI is InChI=1S/C23H25N5O3S/c1-11(2)27-8-7-13-17(5-6-19(31-4)20(13)27)28-23(32)25-21(26-28)15-9-14-12(3)22(30)24-16(14)10-18(15)29/h5-12,23,29,32H,1-4H3,(H,24,30)(H,25,26). The van der Waals surface area contributed by atoms with Gasteiger partial charge in [-0.3, -0.25) is 4.79 Å². The Hall–Kier alpha value is -3.33. The molecule has 2 aliphatic rings. The second kappa shape index (κ2) is 7.37. The monoisotopic (exact) mass is 451 g/mol. The lowest BCUT2D eigenvalue weighted by atomic mass is 9.99. The number of fused-ring (bicyclic) bond motifs is 2. The fourth-order valence-corrected chi connectivity index (χ4v) is 4.67. The fourth-order valence-electron chi connectivity index (χ4n) is 4.37. The van der Waals surface area contributed by atoms with E-state index in [1.165, 1.54) is 0 Å². The van der Waals surface area contributed by atoms with Crippen LogP contribution in [0, 0.1) is 0 Å². The van der Waals surface area contributed by atoms with Crippen molar-refractivity contribution in [2.45, 2.75) is 38.2 Å². The third-order valence-corrected chi connectivity index (χ3v) is 6.43. The summed E-state index contributed by atoms with van der Waals surface area (Å²) in [5.74, 6) is 0.951. The van der Waals surface area contributed by atoms with Gasteiger partial charge in [0.1, 0.15) is 11.5 Å². The predicted octanol–water partition coefficient (Wildman–Crippen LogP) is 3.98. The highest BCUT2D eigenvalue weighted by Gasteiger charge is 2.32. The summed E-state index contributed by atoms with van der Waals surface area (Å²) in [6, 6.07) is 9.57. The molecule has 3 heterocycles. The van der Waals surface area contributed by atoms with Crippen molar-refractivity contribution >= 4 is 46.6 Å². The molecule has 0 spiro atoms. The quantitative estimate of drug-likeness (QED) is 0.451. The van der Waals surface area contributed by atoms with Crippen LogP contribution >= 0.6 is 12.6 Å². The van der Waals surface area contributed by atoms with Crippen LogP contribution in [0.4, 0.5) is 11.4 Å². The number of carbonyl (C=O) groups excluding carboxylic acids is 1. The van der Waals surface area contributed by atoms with Crippen LogP contribution in [0.25, 0.3) is 10.9 Å². The van der Waals surface area contributed by atoms with E-state index < -0.39 is 5.50 Å². The van der Waals surface area contributed by atoms with E-state index in [0.29, 0.717) is 17.1 Å². The van der Waals surface area contributed by atoms with Crippen LogP contribution in [0.5, 0.6) is 11.5 Å². The van der Waals surface area contributed by atoms with Crippen molar-refractivity contribution in [2.24, 2.45) is 5.10 Å². The number of benzene rings is 2. The summed E-state index contributed by atoms with van der Waals surface area (Å²) in [5, 5.41) is 24.2. The third-order valence-electron chi connectivity index (χ3n) is 6.09. The van der Waals surface area contributed by atoms with Gasteiger partial charge in [0, 0.05) is 29.4 Å². The van der Waals surface area contributed by atoms with Crippen LogP contribution in [0.15, 0.2) is 41.6 Å². The zero-order valence-corrected chi connectivity index (χ0v) is 19.1. The van der Waals surface area contributed by atoms with Crippen molar-refractivity contribution in [2.75, 3.05) is 17.4 Å². The molecule has 0 aliphatic carbocycles. The lowest BCUT2D eigenvalue weighted by Gasteiger charge is -2.21. The van der Waals surface area contributed by atoms with Gasteiger partial charge in [-0.05, 0) is 50.6 Å². The smallest absolute Gasteiger partial charge is 0.231 e. The third kappa shape index (κ3) is 2.99. The molecular weight excluding hydrogens is 426 g/mol. The van der Waals surface area contributed by atoms with E-state index in [0.717, 1.165) is 27.9 Å². The van der Waals surface area contributed by atoms with Crippen molar-refractivity contribution in [3.63, 3.8) is 0 Å². The van der Waals surface area contributed by atoms with E-state index in [1.807, 2.05) is 37.4 Å². The van der Waals surface area contributed by atoms with Gasteiger partial charge in [0.05, 0.1) is 29.8 Å². The lowest BCUT2D eigenvalue weighted by molar-refractivity contribution is -0.116. The summed E-state index contributed by atoms with van der Waals surface area (Å²) in [7, 11) is 1.67. The number of nitrogens with one attached hydrogen (secondary N) is 2. The number of aromatic hydroxyl groups is 1. The maximum Gasteiger partial charge on any atom is 0.231 e. The molecule has 3 N–H and O–H groups in total. The zero-order valence-electron chi connectivity index (χ0n) is 18.2. The summed E-state index contributed by atoms with van der Waals surface area (Å²) in [6.45, 7) is 6.09. The van der Waals surface area contributed by atoms with Crippen LogP contribution in [0.3, 0.4) is 0 Å². The van der Waals surface area contributed by atoms with Gasteiger partial charge in [0.2, 0.25) is 5.91 Å². The maximum atomic E-state index is 12.0. The number of phenols is 1. The number of hydrazone groups is 1. The van der Waals surface area contributed by atoms with Gasteiger partial charge in [0.15, 0.2) is 11.3 Å². The van der Waals surface area contributed by atoms with Crippen molar-refractivity contribution in [1.29, 1.82) is 0 Å². The normalized spacial score (nSPS) is 19.9. The number of methoxy groups -OCH3 is 1. The minimum absolute atomic E-state index is 0.0395. The van der Waals surface area contributed by atoms with Crippen molar-refractivity contribution in [1.82, 2.24) is 9.88 Å². The number of nitrogens with zero attached hydrogens (tertiary/aromatic N) is 3. The van der Waals surface area contributed by atoms with Gasteiger partial charge < -0.3 is 25.0 Å². The highest BCUT2D eigenvalue weighted by Crippen LogP contribution is 2.40. The Labute approximate surface area is 191 Å². The van der Waals surface area contributed by atoms with Gasteiger partial charge in [-0.15, -0.1) is 12.6 Å². The first-order chi connectivity index (χ1) is 15.3. The molecule has 2 aliphatic heterocycles. The Balaban J connectivity index is 1.60. The summed E-state index contributed by atoms with van der Waals surface area (Å²) >= 11 is 4.69. The number of ether oxygens (including phenoxy) is 1. The largest absolute Gasteiger partial charge is 0.507 e. The molecule has 0 radical (unpaired) electrons. The molecule has 9 heteroatoms. The zero-order chi connectivity index (χ0) is 22.7.